The number of carbonyl (C=O) groups excluding carboxylic acids is 1. The largest absolute Gasteiger partial charge is 0.356 e. The number of nitrogens with one attached hydrogen (secondary N) is 1. The van der Waals surface area contributed by atoms with E-state index in [9.17, 15) is 9.18 Å². The Labute approximate surface area is 169 Å². The third-order valence-corrected chi connectivity index (χ3v) is 6.20. The molecule has 28 heavy (non-hydrogen) atoms. The molecule has 0 bridgehead atoms. The van der Waals surface area contributed by atoms with Crippen LogP contribution >= 0.6 is 0 Å². The fourth-order valence-electron chi connectivity index (χ4n) is 4.85. The van der Waals surface area contributed by atoms with Gasteiger partial charge in [0.15, 0.2) is 0 Å². The van der Waals surface area contributed by atoms with Crippen molar-refractivity contribution in [3.8, 4) is 0 Å². The molecule has 3 rings (SSSR count). The Kier molecular flexibility index (Phi) is 7.86. The van der Waals surface area contributed by atoms with Gasteiger partial charge < -0.3 is 10.2 Å². The van der Waals surface area contributed by atoms with E-state index in [1.54, 1.807) is 6.07 Å². The summed E-state index contributed by atoms with van der Waals surface area (Å²) in [4.78, 5) is 17.3. The van der Waals surface area contributed by atoms with Gasteiger partial charge in [-0.2, -0.15) is 0 Å². The minimum Gasteiger partial charge on any atom is -0.356 e. The van der Waals surface area contributed by atoms with Gasteiger partial charge in [0.1, 0.15) is 5.82 Å². The molecule has 2 aliphatic rings. The van der Waals surface area contributed by atoms with Crippen molar-refractivity contribution in [2.45, 2.75) is 46.1 Å². The number of halogens is 1. The average Bonchev–Trinajstić information content (AvgIpc) is 2.67. The van der Waals surface area contributed by atoms with E-state index in [0.717, 1.165) is 62.8 Å². The van der Waals surface area contributed by atoms with Crippen LogP contribution in [0.2, 0.25) is 0 Å². The van der Waals surface area contributed by atoms with Gasteiger partial charge in [0.05, 0.1) is 0 Å². The molecular weight excluding hydrogens is 353 g/mol. The molecule has 0 aromatic heterocycles. The number of piperidine rings is 2. The highest BCUT2D eigenvalue weighted by molar-refractivity contribution is 5.78. The first-order valence-corrected chi connectivity index (χ1v) is 11.0. The molecule has 2 aliphatic heterocycles. The molecule has 4 nitrogen and oxygen atoms in total. The van der Waals surface area contributed by atoms with Crippen LogP contribution in [0.3, 0.4) is 0 Å². The Hall–Kier alpha value is -1.46. The summed E-state index contributed by atoms with van der Waals surface area (Å²) in [6.07, 6.45) is 4.09. The zero-order valence-corrected chi connectivity index (χ0v) is 17.5. The van der Waals surface area contributed by atoms with Gasteiger partial charge in [0, 0.05) is 37.7 Å². The predicted octanol–water partition coefficient (Wildman–Crippen LogP) is 3.52. The first-order chi connectivity index (χ1) is 13.5. The maximum absolute atomic E-state index is 13.8. The monoisotopic (exact) mass is 389 g/mol. The Morgan fingerprint density at radius 1 is 1.11 bits per heavy atom. The normalized spacial score (nSPS) is 25.0. The molecule has 2 atom stereocenters. The first-order valence-electron chi connectivity index (χ1n) is 11.0. The first kappa shape index (κ1) is 21.3. The molecule has 1 amide bonds. The van der Waals surface area contributed by atoms with E-state index in [-0.39, 0.29) is 17.6 Å². The molecule has 2 saturated heterocycles. The number of amides is 1. The van der Waals surface area contributed by atoms with E-state index in [1.165, 1.54) is 25.6 Å². The van der Waals surface area contributed by atoms with Crippen LogP contribution < -0.4 is 5.32 Å². The summed E-state index contributed by atoms with van der Waals surface area (Å²) in [7, 11) is 0. The van der Waals surface area contributed by atoms with E-state index in [2.05, 4.69) is 29.0 Å². The fourth-order valence-corrected chi connectivity index (χ4v) is 4.85. The molecule has 0 saturated carbocycles. The molecule has 2 fully saturated rings. The van der Waals surface area contributed by atoms with Gasteiger partial charge in [0.25, 0.3) is 0 Å². The molecule has 5 heteroatoms. The van der Waals surface area contributed by atoms with E-state index in [4.69, 9.17) is 0 Å². The van der Waals surface area contributed by atoms with E-state index in [0.29, 0.717) is 6.54 Å². The van der Waals surface area contributed by atoms with E-state index < -0.39 is 0 Å². The number of carbonyl (C=O) groups is 1. The van der Waals surface area contributed by atoms with Crippen molar-refractivity contribution < 1.29 is 9.18 Å². The number of likely N-dealkylation sites (tertiary alicyclic amines) is 2. The van der Waals surface area contributed by atoms with Gasteiger partial charge in [-0.1, -0.05) is 32.0 Å². The van der Waals surface area contributed by atoms with Crippen molar-refractivity contribution in [2.75, 3.05) is 39.3 Å². The summed E-state index contributed by atoms with van der Waals surface area (Å²) < 4.78 is 13.8. The number of rotatable bonds is 7. The second kappa shape index (κ2) is 10.4. The standard InChI is InChI=1S/C23H36FN3O/c1-18-14-19(2)16-27(15-18)11-5-10-25-23(28)20-8-12-26(13-9-20)17-21-6-3-4-7-22(21)24/h3-4,6-7,18-20H,5,8-17H2,1-2H3,(H,25,28)/t18-,19-/m0/s1. The molecule has 0 unspecified atom stereocenters. The molecule has 1 aromatic carbocycles. The summed E-state index contributed by atoms with van der Waals surface area (Å²) in [6, 6.07) is 6.96. The summed E-state index contributed by atoms with van der Waals surface area (Å²) in [5.41, 5.74) is 0.742. The number of hydrogen-bond acceptors (Lipinski definition) is 3. The van der Waals surface area contributed by atoms with Crippen molar-refractivity contribution in [2.24, 2.45) is 17.8 Å². The SMILES string of the molecule is C[C@H]1C[C@H](C)CN(CCCNC(=O)C2CCN(Cc3ccccc3F)CC2)C1. The lowest BCUT2D eigenvalue weighted by Crippen LogP contribution is -2.42. The topological polar surface area (TPSA) is 35.6 Å². The highest BCUT2D eigenvalue weighted by Crippen LogP contribution is 2.21. The Balaban J connectivity index is 1.31. The van der Waals surface area contributed by atoms with Crippen LogP contribution in [0.1, 0.15) is 45.1 Å². The number of benzene rings is 1. The predicted molar refractivity (Wildman–Crippen MR) is 111 cm³/mol. The maximum atomic E-state index is 13.8. The Bertz CT molecular complexity index is 620. The second-order valence-electron chi connectivity index (χ2n) is 8.99. The molecule has 0 spiro atoms. The molecule has 2 heterocycles. The number of nitrogens with zero attached hydrogens (tertiary/aromatic N) is 2. The zero-order valence-electron chi connectivity index (χ0n) is 17.5. The third-order valence-electron chi connectivity index (χ3n) is 6.20. The zero-order chi connectivity index (χ0) is 19.9. The molecule has 1 N–H and O–H groups in total. The molecule has 0 aliphatic carbocycles. The second-order valence-corrected chi connectivity index (χ2v) is 8.99. The lowest BCUT2D eigenvalue weighted by Gasteiger charge is -2.35. The van der Waals surface area contributed by atoms with Crippen LogP contribution in [-0.4, -0.2) is 55.0 Å². The van der Waals surface area contributed by atoms with Crippen molar-refractivity contribution in [1.29, 1.82) is 0 Å². The van der Waals surface area contributed by atoms with Crippen LogP contribution in [0.5, 0.6) is 0 Å². The maximum Gasteiger partial charge on any atom is 0.223 e. The van der Waals surface area contributed by atoms with Gasteiger partial charge in [-0.25, -0.2) is 4.39 Å². The van der Waals surface area contributed by atoms with Crippen LogP contribution in [0.25, 0.3) is 0 Å². The van der Waals surface area contributed by atoms with Gasteiger partial charge in [-0.05, 0) is 63.2 Å². The van der Waals surface area contributed by atoms with E-state index in [1.807, 2.05) is 12.1 Å². The van der Waals surface area contributed by atoms with Crippen molar-refractivity contribution in [3.05, 3.63) is 35.6 Å². The van der Waals surface area contributed by atoms with E-state index >= 15 is 0 Å². The molecule has 0 radical (unpaired) electrons. The van der Waals surface area contributed by atoms with Crippen LogP contribution in [0.4, 0.5) is 4.39 Å². The average molecular weight is 390 g/mol. The minimum atomic E-state index is -0.139. The summed E-state index contributed by atoms with van der Waals surface area (Å²) in [6.45, 7) is 11.3. The number of hydrogen-bond donors (Lipinski definition) is 1. The van der Waals surface area contributed by atoms with Gasteiger partial charge in [-0.15, -0.1) is 0 Å². The molecular formula is C23H36FN3O. The lowest BCUT2D eigenvalue weighted by atomic mass is 9.92. The minimum absolute atomic E-state index is 0.104. The fraction of sp³-hybridized carbons (Fsp3) is 0.696. The highest BCUT2D eigenvalue weighted by atomic mass is 19.1. The van der Waals surface area contributed by atoms with Crippen molar-refractivity contribution in [3.63, 3.8) is 0 Å². The molecule has 1 aromatic rings. The summed E-state index contributed by atoms with van der Waals surface area (Å²) >= 11 is 0. The molecule has 156 valence electrons. The van der Waals surface area contributed by atoms with Gasteiger partial charge in [0.2, 0.25) is 5.91 Å². The van der Waals surface area contributed by atoms with Crippen molar-refractivity contribution >= 4 is 5.91 Å². The Morgan fingerprint density at radius 2 is 1.79 bits per heavy atom. The third kappa shape index (κ3) is 6.28. The lowest BCUT2D eigenvalue weighted by molar-refractivity contribution is -0.126. The quantitative estimate of drug-likeness (QED) is 0.725. The van der Waals surface area contributed by atoms with Crippen LogP contribution in [0.15, 0.2) is 24.3 Å². The van der Waals surface area contributed by atoms with Crippen molar-refractivity contribution in [1.82, 2.24) is 15.1 Å². The summed E-state index contributed by atoms with van der Waals surface area (Å²) in [5.74, 6) is 1.73. The Morgan fingerprint density at radius 3 is 2.46 bits per heavy atom. The highest BCUT2D eigenvalue weighted by Gasteiger charge is 2.25. The van der Waals surface area contributed by atoms with Gasteiger partial charge >= 0.3 is 0 Å². The summed E-state index contributed by atoms with van der Waals surface area (Å²) in [5, 5.41) is 3.14. The van der Waals surface area contributed by atoms with Gasteiger partial charge in [-0.3, -0.25) is 9.69 Å². The van der Waals surface area contributed by atoms with Crippen LogP contribution in [-0.2, 0) is 11.3 Å². The smallest absolute Gasteiger partial charge is 0.223 e. The van der Waals surface area contributed by atoms with Crippen LogP contribution in [0, 0.1) is 23.6 Å².